The van der Waals surface area contributed by atoms with Crippen molar-refractivity contribution in [1.82, 2.24) is 5.32 Å². The van der Waals surface area contributed by atoms with Gasteiger partial charge in [0.15, 0.2) is 0 Å². The Morgan fingerprint density at radius 2 is 1.75 bits per heavy atom. The average Bonchev–Trinajstić information content (AvgIpc) is 2.68. The van der Waals surface area contributed by atoms with Crippen LogP contribution in [0.25, 0.3) is 0 Å². The summed E-state index contributed by atoms with van der Waals surface area (Å²) in [6, 6.07) is 18.1. The summed E-state index contributed by atoms with van der Waals surface area (Å²) in [5.74, 6) is 0.977. The van der Waals surface area contributed by atoms with E-state index in [4.69, 9.17) is 4.74 Å². The van der Waals surface area contributed by atoms with E-state index in [1.807, 2.05) is 48.2 Å². The van der Waals surface area contributed by atoms with Crippen LogP contribution in [0, 0.1) is 0 Å². The molecular formula is C22H29N3O2S. The monoisotopic (exact) mass is 399 g/mol. The Bertz CT molecular complexity index is 746. The lowest BCUT2D eigenvalue weighted by Gasteiger charge is -2.37. The van der Waals surface area contributed by atoms with Crippen LogP contribution in [-0.2, 0) is 4.74 Å². The number of hydrogen-bond donors (Lipinski definition) is 2. The molecule has 0 radical (unpaired) electrons. The van der Waals surface area contributed by atoms with Crippen LogP contribution in [0.5, 0.6) is 0 Å². The quantitative estimate of drug-likeness (QED) is 0.528. The van der Waals surface area contributed by atoms with Gasteiger partial charge in [0.25, 0.3) is 0 Å². The molecule has 2 unspecified atom stereocenters. The number of hydrogen-bond acceptors (Lipinski definition) is 4. The summed E-state index contributed by atoms with van der Waals surface area (Å²) in [4.78, 5) is 15.9. The first-order valence-electron chi connectivity index (χ1n) is 9.84. The van der Waals surface area contributed by atoms with Crippen LogP contribution in [0.4, 0.5) is 16.2 Å². The fraction of sp³-hybridized carbons (Fsp3) is 0.409. The van der Waals surface area contributed by atoms with E-state index in [-0.39, 0.29) is 18.2 Å². The molecule has 1 aliphatic rings. The van der Waals surface area contributed by atoms with E-state index in [2.05, 4.69) is 47.6 Å². The first kappa shape index (κ1) is 20.6. The lowest BCUT2D eigenvalue weighted by Crippen LogP contribution is -2.45. The average molecular weight is 400 g/mol. The molecule has 0 bridgehead atoms. The van der Waals surface area contributed by atoms with Gasteiger partial charge < -0.3 is 20.3 Å². The molecular weight excluding hydrogens is 370 g/mol. The Morgan fingerprint density at radius 3 is 2.50 bits per heavy atom. The molecule has 28 heavy (non-hydrogen) atoms. The van der Waals surface area contributed by atoms with Gasteiger partial charge in [-0.3, -0.25) is 0 Å². The molecule has 2 N–H and O–H groups in total. The summed E-state index contributed by atoms with van der Waals surface area (Å²) in [5.41, 5.74) is 1.87. The molecule has 3 rings (SSSR count). The van der Waals surface area contributed by atoms with Crippen LogP contribution in [0.2, 0.25) is 0 Å². The van der Waals surface area contributed by atoms with E-state index in [9.17, 15) is 4.79 Å². The van der Waals surface area contributed by atoms with E-state index < -0.39 is 0 Å². The normalized spacial score (nSPS) is 19.3. The van der Waals surface area contributed by atoms with E-state index in [1.165, 1.54) is 4.90 Å². The van der Waals surface area contributed by atoms with Crippen molar-refractivity contribution in [2.75, 3.05) is 35.6 Å². The minimum Gasteiger partial charge on any atom is -0.372 e. The van der Waals surface area contributed by atoms with Crippen molar-refractivity contribution in [1.29, 1.82) is 0 Å². The van der Waals surface area contributed by atoms with Crippen molar-refractivity contribution in [3.05, 3.63) is 54.6 Å². The number of nitrogens with one attached hydrogen (secondary N) is 2. The number of urea groups is 1. The maximum absolute atomic E-state index is 12.3. The Balaban J connectivity index is 1.46. The maximum atomic E-state index is 12.3. The van der Waals surface area contributed by atoms with Gasteiger partial charge in [-0.2, -0.15) is 0 Å². The number of para-hydroxylation sites is 2. The van der Waals surface area contributed by atoms with Gasteiger partial charge in [-0.25, -0.2) is 4.79 Å². The summed E-state index contributed by atoms with van der Waals surface area (Å²) in [5, 5.41) is 5.97. The first-order chi connectivity index (χ1) is 13.6. The Labute approximate surface area is 171 Å². The Kier molecular flexibility index (Phi) is 7.62. The Hall–Kier alpha value is -2.18. The highest BCUT2D eigenvalue weighted by atomic mass is 32.2. The van der Waals surface area contributed by atoms with Gasteiger partial charge in [0.1, 0.15) is 0 Å². The van der Waals surface area contributed by atoms with Crippen LogP contribution in [0.15, 0.2) is 59.5 Å². The second-order valence-electron chi connectivity index (χ2n) is 7.08. The molecule has 2 aromatic carbocycles. The van der Waals surface area contributed by atoms with Gasteiger partial charge in [-0.05, 0) is 50.3 Å². The first-order valence-corrected chi connectivity index (χ1v) is 10.8. The Morgan fingerprint density at radius 1 is 1.07 bits per heavy atom. The molecule has 2 aromatic rings. The van der Waals surface area contributed by atoms with Crippen LogP contribution in [0.1, 0.15) is 20.3 Å². The maximum Gasteiger partial charge on any atom is 0.319 e. The highest BCUT2D eigenvalue weighted by molar-refractivity contribution is 7.99. The van der Waals surface area contributed by atoms with Crippen molar-refractivity contribution in [2.45, 2.75) is 37.4 Å². The molecule has 2 atom stereocenters. The number of anilines is 2. The second-order valence-corrected chi connectivity index (χ2v) is 8.24. The van der Waals surface area contributed by atoms with Gasteiger partial charge in [0.05, 0.1) is 23.6 Å². The molecule has 1 saturated heterocycles. The number of ether oxygens (including phenoxy) is 1. The van der Waals surface area contributed by atoms with Crippen LogP contribution in [-0.4, -0.2) is 43.6 Å². The third-order valence-corrected chi connectivity index (χ3v) is 5.63. The van der Waals surface area contributed by atoms with Crippen LogP contribution < -0.4 is 15.5 Å². The summed E-state index contributed by atoms with van der Waals surface area (Å²) in [7, 11) is 0. The lowest BCUT2D eigenvalue weighted by atomic mass is 10.1. The number of morpholine rings is 1. The predicted octanol–water partition coefficient (Wildman–Crippen LogP) is 4.60. The number of benzene rings is 2. The minimum absolute atomic E-state index is 0.161. The predicted molar refractivity (Wildman–Crippen MR) is 117 cm³/mol. The zero-order valence-corrected chi connectivity index (χ0v) is 17.4. The van der Waals surface area contributed by atoms with Gasteiger partial charge in [0, 0.05) is 24.5 Å². The van der Waals surface area contributed by atoms with Gasteiger partial charge in [-0.15, -0.1) is 11.8 Å². The highest BCUT2D eigenvalue weighted by Crippen LogP contribution is 2.28. The van der Waals surface area contributed by atoms with Gasteiger partial charge >= 0.3 is 6.03 Å². The van der Waals surface area contributed by atoms with E-state index in [1.54, 1.807) is 0 Å². The van der Waals surface area contributed by atoms with E-state index in [0.717, 1.165) is 36.6 Å². The van der Waals surface area contributed by atoms with Crippen molar-refractivity contribution in [2.24, 2.45) is 0 Å². The molecule has 0 spiro atoms. The van der Waals surface area contributed by atoms with Crippen LogP contribution in [0.3, 0.4) is 0 Å². The molecule has 5 nitrogen and oxygen atoms in total. The number of thioether (sulfide) groups is 1. The highest BCUT2D eigenvalue weighted by Gasteiger charge is 2.24. The zero-order valence-electron chi connectivity index (χ0n) is 16.6. The SMILES string of the molecule is CC1CN(c2ccccc2NC(=O)NCCCSc2ccccc2)CC(C)O1. The third-order valence-electron chi connectivity index (χ3n) is 4.53. The van der Waals surface area contributed by atoms with Gasteiger partial charge in [-0.1, -0.05) is 30.3 Å². The summed E-state index contributed by atoms with van der Waals surface area (Å²) in [6.07, 6.45) is 1.27. The second kappa shape index (κ2) is 10.4. The van der Waals surface area contributed by atoms with Crippen molar-refractivity contribution >= 4 is 29.2 Å². The molecule has 150 valence electrons. The summed E-state index contributed by atoms with van der Waals surface area (Å²) in [6.45, 7) is 6.46. The van der Waals surface area contributed by atoms with Crippen molar-refractivity contribution in [3.63, 3.8) is 0 Å². The van der Waals surface area contributed by atoms with Gasteiger partial charge in [0.2, 0.25) is 0 Å². The number of carbonyl (C=O) groups is 1. The molecule has 6 heteroatoms. The topological polar surface area (TPSA) is 53.6 Å². The number of carbonyl (C=O) groups excluding carboxylic acids is 1. The van der Waals surface area contributed by atoms with Crippen molar-refractivity contribution < 1.29 is 9.53 Å². The minimum atomic E-state index is -0.161. The zero-order chi connectivity index (χ0) is 19.8. The van der Waals surface area contributed by atoms with Crippen LogP contribution >= 0.6 is 11.8 Å². The largest absolute Gasteiger partial charge is 0.372 e. The molecule has 0 aliphatic carbocycles. The molecule has 1 heterocycles. The van der Waals surface area contributed by atoms with E-state index >= 15 is 0 Å². The summed E-state index contributed by atoms with van der Waals surface area (Å²) < 4.78 is 5.82. The summed E-state index contributed by atoms with van der Waals surface area (Å²) >= 11 is 1.81. The molecule has 0 saturated carbocycles. The molecule has 1 aliphatic heterocycles. The fourth-order valence-electron chi connectivity index (χ4n) is 3.38. The lowest BCUT2D eigenvalue weighted by molar-refractivity contribution is -0.00517. The number of nitrogens with zero attached hydrogens (tertiary/aromatic N) is 1. The molecule has 1 fully saturated rings. The molecule has 0 aromatic heterocycles. The number of amides is 2. The fourth-order valence-corrected chi connectivity index (χ4v) is 4.25. The number of rotatable bonds is 7. The van der Waals surface area contributed by atoms with E-state index in [0.29, 0.717) is 6.54 Å². The standard InChI is InChI=1S/C22H29N3O2S/c1-17-15-25(16-18(2)27-17)21-12-7-6-11-20(21)24-22(26)23-13-8-14-28-19-9-4-3-5-10-19/h3-7,9-12,17-18H,8,13-16H2,1-2H3,(H2,23,24,26). The third kappa shape index (κ3) is 6.17. The molecule has 2 amide bonds. The smallest absolute Gasteiger partial charge is 0.319 e. The van der Waals surface area contributed by atoms with Crippen molar-refractivity contribution in [3.8, 4) is 0 Å².